The molecule has 2 aromatic rings. The fourth-order valence-corrected chi connectivity index (χ4v) is 5.26. The second kappa shape index (κ2) is 9.03. The summed E-state index contributed by atoms with van der Waals surface area (Å²) in [6, 6.07) is 8.47. The first-order chi connectivity index (χ1) is 16.0. The average Bonchev–Trinajstić information content (AvgIpc) is 2.76. The van der Waals surface area contributed by atoms with Crippen LogP contribution in [0.25, 0.3) is 0 Å². The van der Waals surface area contributed by atoms with Crippen molar-refractivity contribution in [1.29, 1.82) is 5.26 Å². The third kappa shape index (κ3) is 4.42. The molecule has 2 aliphatic rings. The molecule has 0 bridgehead atoms. The maximum atomic E-state index is 13.3. The number of carbonyl (C=O) groups excluding carboxylic acids is 1. The summed E-state index contributed by atoms with van der Waals surface area (Å²) in [6.45, 7) is 16.9. The van der Waals surface area contributed by atoms with Crippen LogP contribution in [0, 0.1) is 25.2 Å². The molecular weight excluding hydrogens is 424 g/mol. The van der Waals surface area contributed by atoms with Gasteiger partial charge in [0.2, 0.25) is 0 Å². The summed E-state index contributed by atoms with van der Waals surface area (Å²) >= 11 is 0. The highest BCUT2D eigenvalue weighted by Gasteiger charge is 2.35. The standard InChI is InChI=1S/C28H36N4O2/c1-17(2)25-24-16-34-28(6,7)13-22(24)23(14-29)26(30-25)31-10-11-32(20(5)15-31)27(33)21-9-8-18(3)12-19(21)4/h8-9,12,17,20H,10-11,13,15-16H2,1-7H3. The number of amides is 1. The van der Waals surface area contributed by atoms with Crippen molar-refractivity contribution >= 4 is 11.7 Å². The predicted molar refractivity (Wildman–Crippen MR) is 134 cm³/mol. The number of rotatable bonds is 3. The van der Waals surface area contributed by atoms with Gasteiger partial charge in [-0.2, -0.15) is 5.26 Å². The first-order valence-electron chi connectivity index (χ1n) is 12.2. The molecule has 0 aliphatic carbocycles. The van der Waals surface area contributed by atoms with Gasteiger partial charge in [0.15, 0.2) is 0 Å². The van der Waals surface area contributed by atoms with Crippen LogP contribution in [0.3, 0.4) is 0 Å². The molecule has 0 spiro atoms. The average molecular weight is 461 g/mol. The SMILES string of the molecule is Cc1ccc(C(=O)N2CCN(c3nc(C(C)C)c4c(c3C#N)CC(C)(C)OC4)CC2C)c(C)c1. The van der Waals surface area contributed by atoms with Gasteiger partial charge in [-0.25, -0.2) is 4.98 Å². The van der Waals surface area contributed by atoms with E-state index in [1.54, 1.807) is 0 Å². The van der Waals surface area contributed by atoms with Gasteiger partial charge in [0.25, 0.3) is 5.91 Å². The van der Waals surface area contributed by atoms with E-state index in [0.29, 0.717) is 38.2 Å². The van der Waals surface area contributed by atoms with Crippen LogP contribution >= 0.6 is 0 Å². The van der Waals surface area contributed by atoms with Crippen molar-refractivity contribution in [1.82, 2.24) is 9.88 Å². The molecule has 0 N–H and O–H groups in total. The Morgan fingerprint density at radius 1 is 1.24 bits per heavy atom. The van der Waals surface area contributed by atoms with Crippen molar-refractivity contribution < 1.29 is 9.53 Å². The van der Waals surface area contributed by atoms with Crippen LogP contribution in [-0.4, -0.2) is 47.1 Å². The van der Waals surface area contributed by atoms with Crippen LogP contribution in [0.4, 0.5) is 5.82 Å². The quantitative estimate of drug-likeness (QED) is 0.652. The molecule has 6 heteroatoms. The molecule has 1 saturated heterocycles. The van der Waals surface area contributed by atoms with Gasteiger partial charge in [-0.05, 0) is 57.7 Å². The van der Waals surface area contributed by atoms with Gasteiger partial charge >= 0.3 is 0 Å². The number of pyridine rings is 1. The Kier molecular flexibility index (Phi) is 6.44. The molecule has 180 valence electrons. The Morgan fingerprint density at radius 3 is 2.59 bits per heavy atom. The van der Waals surface area contributed by atoms with Crippen molar-refractivity contribution in [3.8, 4) is 6.07 Å². The van der Waals surface area contributed by atoms with Crippen LogP contribution in [0.15, 0.2) is 18.2 Å². The Hall–Kier alpha value is -2.91. The summed E-state index contributed by atoms with van der Waals surface area (Å²) in [4.78, 5) is 22.5. The Bertz CT molecular complexity index is 1160. The fraction of sp³-hybridized carbons (Fsp3) is 0.536. The summed E-state index contributed by atoms with van der Waals surface area (Å²) in [7, 11) is 0. The van der Waals surface area contributed by atoms with Crippen molar-refractivity contribution in [3.63, 3.8) is 0 Å². The number of ether oxygens (including phenoxy) is 1. The summed E-state index contributed by atoms with van der Waals surface area (Å²) in [6.07, 6.45) is 0.696. The zero-order valence-corrected chi connectivity index (χ0v) is 21.5. The maximum Gasteiger partial charge on any atom is 0.254 e. The third-order valence-electron chi connectivity index (χ3n) is 7.09. The van der Waals surface area contributed by atoms with E-state index in [0.717, 1.165) is 39.3 Å². The van der Waals surface area contributed by atoms with Crippen LogP contribution in [0.5, 0.6) is 0 Å². The Morgan fingerprint density at radius 2 is 1.97 bits per heavy atom. The fourth-order valence-electron chi connectivity index (χ4n) is 5.26. The van der Waals surface area contributed by atoms with E-state index in [9.17, 15) is 10.1 Å². The zero-order chi connectivity index (χ0) is 24.8. The zero-order valence-electron chi connectivity index (χ0n) is 21.5. The lowest BCUT2D eigenvalue weighted by atomic mass is 9.86. The van der Waals surface area contributed by atoms with E-state index < -0.39 is 0 Å². The predicted octanol–water partition coefficient (Wildman–Crippen LogP) is 4.90. The molecule has 1 aromatic heterocycles. The first-order valence-corrected chi connectivity index (χ1v) is 12.2. The van der Waals surface area contributed by atoms with Crippen molar-refractivity contribution in [2.24, 2.45) is 0 Å². The lowest BCUT2D eigenvalue weighted by Crippen LogP contribution is -2.54. The number of anilines is 1. The van der Waals surface area contributed by atoms with Gasteiger partial charge in [-0.3, -0.25) is 4.79 Å². The molecule has 3 heterocycles. The molecule has 2 aliphatic heterocycles. The van der Waals surface area contributed by atoms with E-state index in [1.807, 2.05) is 30.9 Å². The van der Waals surface area contributed by atoms with Gasteiger partial charge < -0.3 is 14.5 Å². The van der Waals surface area contributed by atoms with E-state index in [2.05, 4.69) is 51.7 Å². The number of aryl methyl sites for hydroxylation is 2. The van der Waals surface area contributed by atoms with Gasteiger partial charge in [0.05, 0.1) is 23.5 Å². The Labute approximate surface area is 203 Å². The van der Waals surface area contributed by atoms with Crippen molar-refractivity contribution in [3.05, 3.63) is 57.3 Å². The number of hydrogen-bond acceptors (Lipinski definition) is 5. The van der Waals surface area contributed by atoms with Crippen LogP contribution < -0.4 is 4.90 Å². The molecule has 34 heavy (non-hydrogen) atoms. The summed E-state index contributed by atoms with van der Waals surface area (Å²) in [5, 5.41) is 10.2. The number of carbonyl (C=O) groups is 1. The van der Waals surface area contributed by atoms with E-state index in [1.165, 1.54) is 0 Å². The van der Waals surface area contributed by atoms with Gasteiger partial charge in [0.1, 0.15) is 11.9 Å². The lowest BCUT2D eigenvalue weighted by molar-refractivity contribution is -0.0408. The van der Waals surface area contributed by atoms with Gasteiger partial charge in [-0.15, -0.1) is 0 Å². The molecule has 4 rings (SSSR count). The monoisotopic (exact) mass is 460 g/mol. The molecule has 1 aromatic carbocycles. The second-order valence-corrected chi connectivity index (χ2v) is 10.8. The minimum Gasteiger partial charge on any atom is -0.370 e. The number of fused-ring (bicyclic) bond motifs is 1. The number of aromatic nitrogens is 1. The van der Waals surface area contributed by atoms with Crippen LogP contribution in [0.1, 0.15) is 84.4 Å². The molecular formula is C28H36N4O2. The molecule has 1 unspecified atom stereocenters. The molecule has 1 amide bonds. The minimum atomic E-state index is -0.310. The summed E-state index contributed by atoms with van der Waals surface area (Å²) in [5.74, 6) is 1.06. The number of benzene rings is 1. The number of piperazine rings is 1. The van der Waals surface area contributed by atoms with Gasteiger partial charge in [0, 0.05) is 43.2 Å². The topological polar surface area (TPSA) is 69.5 Å². The minimum absolute atomic E-state index is 0.00797. The molecule has 0 radical (unpaired) electrons. The third-order valence-corrected chi connectivity index (χ3v) is 7.09. The normalized spacial score (nSPS) is 19.7. The second-order valence-electron chi connectivity index (χ2n) is 10.8. The maximum absolute atomic E-state index is 13.3. The lowest BCUT2D eigenvalue weighted by Gasteiger charge is -2.42. The molecule has 1 atom stereocenters. The molecule has 6 nitrogen and oxygen atoms in total. The highest BCUT2D eigenvalue weighted by molar-refractivity contribution is 5.96. The van der Waals surface area contributed by atoms with E-state index >= 15 is 0 Å². The molecule has 0 saturated carbocycles. The Balaban J connectivity index is 1.66. The largest absolute Gasteiger partial charge is 0.370 e. The number of nitriles is 1. The van der Waals surface area contributed by atoms with Crippen LogP contribution in [0.2, 0.25) is 0 Å². The van der Waals surface area contributed by atoms with Crippen LogP contribution in [-0.2, 0) is 17.8 Å². The highest BCUT2D eigenvalue weighted by atomic mass is 16.5. The number of hydrogen-bond donors (Lipinski definition) is 0. The van der Waals surface area contributed by atoms with E-state index in [4.69, 9.17) is 9.72 Å². The summed E-state index contributed by atoms with van der Waals surface area (Å²) in [5.41, 5.74) is 6.45. The van der Waals surface area contributed by atoms with E-state index in [-0.39, 0.29) is 23.5 Å². The van der Waals surface area contributed by atoms with Crippen molar-refractivity contribution in [2.45, 2.75) is 79.1 Å². The van der Waals surface area contributed by atoms with Crippen molar-refractivity contribution in [2.75, 3.05) is 24.5 Å². The van der Waals surface area contributed by atoms with Gasteiger partial charge in [-0.1, -0.05) is 31.5 Å². The smallest absolute Gasteiger partial charge is 0.254 e. The number of nitrogens with zero attached hydrogens (tertiary/aromatic N) is 4. The summed E-state index contributed by atoms with van der Waals surface area (Å²) < 4.78 is 6.08. The first kappa shape index (κ1) is 24.2. The molecule has 1 fully saturated rings. The highest BCUT2D eigenvalue weighted by Crippen LogP contribution is 2.38.